The van der Waals surface area contributed by atoms with E-state index in [1.165, 1.54) is 42.2 Å². The molecule has 1 aromatic heterocycles. The van der Waals surface area contributed by atoms with E-state index in [-0.39, 0.29) is 17.7 Å². The summed E-state index contributed by atoms with van der Waals surface area (Å²) in [5.41, 5.74) is 3.60. The molecule has 1 aromatic carbocycles. The van der Waals surface area contributed by atoms with Gasteiger partial charge in [0.1, 0.15) is 0 Å². The number of benzene rings is 1. The Kier molecular flexibility index (Phi) is 5.69. The largest absolute Gasteiger partial charge is 0.361 e. The Labute approximate surface area is 166 Å². The molecule has 2 amide bonds. The highest BCUT2D eigenvalue weighted by atomic mass is 16.2. The van der Waals surface area contributed by atoms with Crippen LogP contribution in [0.3, 0.4) is 0 Å². The lowest BCUT2D eigenvalue weighted by atomic mass is 10.0. The molecule has 1 atom stereocenters. The van der Waals surface area contributed by atoms with Crippen LogP contribution >= 0.6 is 0 Å². The van der Waals surface area contributed by atoms with Crippen molar-refractivity contribution in [3.63, 3.8) is 0 Å². The highest BCUT2D eigenvalue weighted by Crippen LogP contribution is 2.24. The van der Waals surface area contributed by atoms with Crippen LogP contribution in [-0.2, 0) is 16.0 Å². The van der Waals surface area contributed by atoms with Gasteiger partial charge in [-0.15, -0.1) is 0 Å². The number of likely N-dealkylation sites (tertiary alicyclic amines) is 1. The average molecular weight is 382 g/mol. The van der Waals surface area contributed by atoms with E-state index < -0.39 is 0 Å². The molecule has 1 aliphatic carbocycles. The first-order chi connectivity index (χ1) is 13.6. The number of amides is 2. The van der Waals surface area contributed by atoms with Crippen LogP contribution in [0, 0.1) is 12.8 Å². The molecule has 1 saturated carbocycles. The van der Waals surface area contributed by atoms with Gasteiger partial charge in [0.15, 0.2) is 0 Å². The maximum atomic E-state index is 12.7. The zero-order valence-electron chi connectivity index (χ0n) is 16.8. The molecule has 5 nitrogen and oxygen atoms in total. The maximum Gasteiger partial charge on any atom is 0.225 e. The number of carbonyl (C=O) groups is 2. The second-order valence-corrected chi connectivity index (χ2v) is 8.55. The topological polar surface area (TPSA) is 65.2 Å². The lowest BCUT2D eigenvalue weighted by Crippen LogP contribution is -2.39. The third-order valence-corrected chi connectivity index (χ3v) is 6.36. The summed E-state index contributed by atoms with van der Waals surface area (Å²) in [6.07, 6.45) is 10.3. The van der Waals surface area contributed by atoms with E-state index in [0.29, 0.717) is 25.6 Å². The minimum Gasteiger partial charge on any atom is -0.361 e. The van der Waals surface area contributed by atoms with E-state index in [2.05, 4.69) is 35.4 Å². The lowest BCUT2D eigenvalue weighted by Gasteiger charge is -2.20. The van der Waals surface area contributed by atoms with E-state index in [1.54, 1.807) is 0 Å². The molecule has 2 N–H and O–H groups in total. The Morgan fingerprint density at radius 2 is 2.00 bits per heavy atom. The summed E-state index contributed by atoms with van der Waals surface area (Å²) < 4.78 is 0. The fourth-order valence-corrected chi connectivity index (χ4v) is 4.66. The Morgan fingerprint density at radius 1 is 1.21 bits per heavy atom. The molecule has 2 aromatic rings. The Bertz CT molecular complexity index is 849. The predicted octanol–water partition coefficient (Wildman–Crippen LogP) is 3.71. The van der Waals surface area contributed by atoms with E-state index in [0.717, 1.165) is 24.8 Å². The smallest absolute Gasteiger partial charge is 0.225 e. The number of hydrogen-bond donors (Lipinski definition) is 2. The first-order valence-electron chi connectivity index (χ1n) is 10.7. The van der Waals surface area contributed by atoms with Crippen LogP contribution in [0.1, 0.15) is 56.1 Å². The summed E-state index contributed by atoms with van der Waals surface area (Å²) >= 11 is 0. The summed E-state index contributed by atoms with van der Waals surface area (Å²) in [5, 5.41) is 4.45. The van der Waals surface area contributed by atoms with Crippen LogP contribution in [0.5, 0.6) is 0 Å². The molecule has 0 spiro atoms. The second kappa shape index (κ2) is 8.38. The summed E-state index contributed by atoms with van der Waals surface area (Å²) in [4.78, 5) is 30.3. The van der Waals surface area contributed by atoms with Crippen molar-refractivity contribution in [2.45, 2.75) is 64.3 Å². The molecule has 28 heavy (non-hydrogen) atoms. The van der Waals surface area contributed by atoms with E-state index in [1.807, 2.05) is 11.1 Å². The first kappa shape index (κ1) is 19.0. The van der Waals surface area contributed by atoms with Crippen molar-refractivity contribution in [1.29, 1.82) is 0 Å². The molecule has 2 aliphatic rings. The van der Waals surface area contributed by atoms with Crippen LogP contribution in [-0.4, -0.2) is 40.8 Å². The number of fused-ring (bicyclic) bond motifs is 1. The molecule has 4 rings (SSSR count). The third kappa shape index (κ3) is 4.23. The van der Waals surface area contributed by atoms with Crippen molar-refractivity contribution in [3.8, 4) is 0 Å². The lowest BCUT2D eigenvalue weighted by molar-refractivity contribution is -0.129. The van der Waals surface area contributed by atoms with Crippen LogP contribution < -0.4 is 5.32 Å². The summed E-state index contributed by atoms with van der Waals surface area (Å²) in [5.74, 6) is -0.0107. The normalized spacial score (nSPS) is 21.2. The SMILES string of the molecule is Cc1ccc2[nH]cc(CCN3C[C@H](C(=O)NC4CCCCCC4)CC3=O)c2c1. The van der Waals surface area contributed by atoms with Gasteiger partial charge in [0, 0.05) is 42.7 Å². The number of rotatable bonds is 5. The highest BCUT2D eigenvalue weighted by molar-refractivity contribution is 5.89. The highest BCUT2D eigenvalue weighted by Gasteiger charge is 2.34. The predicted molar refractivity (Wildman–Crippen MR) is 111 cm³/mol. The van der Waals surface area contributed by atoms with Gasteiger partial charge < -0.3 is 15.2 Å². The van der Waals surface area contributed by atoms with Gasteiger partial charge in [-0.1, -0.05) is 37.3 Å². The zero-order valence-corrected chi connectivity index (χ0v) is 16.8. The number of hydrogen-bond acceptors (Lipinski definition) is 2. The van der Waals surface area contributed by atoms with Gasteiger partial charge in [0.25, 0.3) is 0 Å². The van der Waals surface area contributed by atoms with Gasteiger partial charge in [0.05, 0.1) is 5.92 Å². The minimum atomic E-state index is -0.194. The maximum absolute atomic E-state index is 12.7. The van der Waals surface area contributed by atoms with Crippen LogP contribution in [0.2, 0.25) is 0 Å². The molecule has 1 saturated heterocycles. The average Bonchev–Trinajstić information content (AvgIpc) is 3.14. The van der Waals surface area contributed by atoms with Crippen LogP contribution in [0.4, 0.5) is 0 Å². The molecule has 1 aliphatic heterocycles. The number of aryl methyl sites for hydroxylation is 1. The molecule has 5 heteroatoms. The zero-order chi connectivity index (χ0) is 19.5. The number of H-pyrrole nitrogens is 1. The van der Waals surface area contributed by atoms with Crippen molar-refractivity contribution < 1.29 is 9.59 Å². The number of aromatic amines is 1. The minimum absolute atomic E-state index is 0.0745. The van der Waals surface area contributed by atoms with E-state index in [4.69, 9.17) is 0 Å². The van der Waals surface area contributed by atoms with Gasteiger partial charge in [-0.05, 0) is 43.9 Å². The van der Waals surface area contributed by atoms with E-state index >= 15 is 0 Å². The number of nitrogens with one attached hydrogen (secondary N) is 2. The van der Waals surface area contributed by atoms with Crippen molar-refractivity contribution >= 4 is 22.7 Å². The van der Waals surface area contributed by atoms with Crippen LogP contribution in [0.15, 0.2) is 24.4 Å². The van der Waals surface area contributed by atoms with Crippen molar-refractivity contribution in [3.05, 3.63) is 35.5 Å². The van der Waals surface area contributed by atoms with Crippen LogP contribution in [0.25, 0.3) is 10.9 Å². The van der Waals surface area contributed by atoms with Crippen molar-refractivity contribution in [1.82, 2.24) is 15.2 Å². The summed E-state index contributed by atoms with van der Waals surface area (Å²) in [7, 11) is 0. The molecule has 0 bridgehead atoms. The fraction of sp³-hybridized carbons (Fsp3) is 0.565. The molecule has 2 fully saturated rings. The standard InChI is InChI=1S/C23H31N3O2/c1-16-8-9-21-20(12-16)17(14-24-21)10-11-26-15-18(13-22(26)27)23(28)25-19-6-4-2-3-5-7-19/h8-9,12,14,18-19,24H,2-7,10-11,13,15H2,1H3,(H,25,28)/t18-/m1/s1. The third-order valence-electron chi connectivity index (χ3n) is 6.36. The Hall–Kier alpha value is -2.30. The van der Waals surface area contributed by atoms with Crippen molar-refractivity contribution in [2.24, 2.45) is 5.92 Å². The van der Waals surface area contributed by atoms with E-state index in [9.17, 15) is 9.59 Å². The van der Waals surface area contributed by atoms with Crippen molar-refractivity contribution in [2.75, 3.05) is 13.1 Å². The van der Waals surface area contributed by atoms with Gasteiger partial charge in [-0.2, -0.15) is 0 Å². The van der Waals surface area contributed by atoms with Gasteiger partial charge in [0.2, 0.25) is 11.8 Å². The molecule has 0 radical (unpaired) electrons. The monoisotopic (exact) mass is 381 g/mol. The molecular weight excluding hydrogens is 350 g/mol. The molecular formula is C23H31N3O2. The second-order valence-electron chi connectivity index (χ2n) is 8.55. The van der Waals surface area contributed by atoms with Gasteiger partial charge >= 0.3 is 0 Å². The number of carbonyl (C=O) groups excluding carboxylic acids is 2. The number of aromatic nitrogens is 1. The quantitative estimate of drug-likeness (QED) is 0.776. The molecule has 150 valence electrons. The fourth-order valence-electron chi connectivity index (χ4n) is 4.66. The summed E-state index contributed by atoms with van der Waals surface area (Å²) in [6, 6.07) is 6.69. The summed E-state index contributed by atoms with van der Waals surface area (Å²) in [6.45, 7) is 3.32. The molecule has 0 unspecified atom stereocenters. The Morgan fingerprint density at radius 3 is 2.79 bits per heavy atom. The Balaban J connectivity index is 1.32. The van der Waals surface area contributed by atoms with Gasteiger partial charge in [-0.3, -0.25) is 9.59 Å². The van der Waals surface area contributed by atoms with Gasteiger partial charge in [-0.25, -0.2) is 0 Å². The molecule has 2 heterocycles. The first-order valence-corrected chi connectivity index (χ1v) is 10.7. The number of nitrogens with zero attached hydrogens (tertiary/aromatic N) is 1.